The Balaban J connectivity index is 1.56. The number of hydrogen-bond donors (Lipinski definition) is 1. The molecule has 5 heteroatoms. The second-order valence-electron chi connectivity index (χ2n) is 4.94. The molecule has 0 bridgehead atoms. The van der Waals surface area contributed by atoms with E-state index in [2.05, 4.69) is 0 Å². The normalized spacial score (nSPS) is 18.2. The molecule has 1 atom stereocenters. The molecule has 1 aliphatic rings. The van der Waals surface area contributed by atoms with E-state index in [9.17, 15) is 4.79 Å². The molecule has 20 heavy (non-hydrogen) atoms. The molecule has 1 fully saturated rings. The van der Waals surface area contributed by atoms with Gasteiger partial charge in [0.05, 0.1) is 6.61 Å². The molecule has 0 aliphatic carbocycles. The molecule has 0 saturated carbocycles. The molecule has 1 heterocycles. The molecule has 110 valence electrons. The number of carbonyl (C=O) groups excluding carboxylic acids is 1. The monoisotopic (exact) mass is 278 g/mol. The highest BCUT2D eigenvalue weighted by atomic mass is 16.5. The van der Waals surface area contributed by atoms with Gasteiger partial charge >= 0.3 is 0 Å². The molecule has 1 aromatic carbocycles. The van der Waals surface area contributed by atoms with E-state index in [-0.39, 0.29) is 12.5 Å². The molecule has 1 aliphatic heterocycles. The summed E-state index contributed by atoms with van der Waals surface area (Å²) in [5.74, 6) is 1.30. The Bertz CT molecular complexity index is 411. The predicted molar refractivity (Wildman–Crippen MR) is 76.5 cm³/mol. The van der Waals surface area contributed by atoms with Crippen LogP contribution in [0.15, 0.2) is 30.3 Å². The topological polar surface area (TPSA) is 64.8 Å². The predicted octanol–water partition coefficient (Wildman–Crippen LogP) is 0.889. The molecular weight excluding hydrogens is 256 g/mol. The van der Waals surface area contributed by atoms with E-state index in [1.54, 1.807) is 0 Å². The van der Waals surface area contributed by atoms with Gasteiger partial charge in [0, 0.05) is 13.1 Å². The number of rotatable bonds is 7. The van der Waals surface area contributed by atoms with Crippen LogP contribution in [-0.4, -0.2) is 50.3 Å². The summed E-state index contributed by atoms with van der Waals surface area (Å²) in [6.45, 7) is 3.19. The van der Waals surface area contributed by atoms with Crippen LogP contribution in [0, 0.1) is 5.92 Å². The van der Waals surface area contributed by atoms with Crippen LogP contribution in [0.5, 0.6) is 5.75 Å². The van der Waals surface area contributed by atoms with Crippen molar-refractivity contribution in [1.82, 2.24) is 4.90 Å². The summed E-state index contributed by atoms with van der Waals surface area (Å²) < 4.78 is 10.8. The van der Waals surface area contributed by atoms with Crippen molar-refractivity contribution >= 4 is 5.91 Å². The summed E-state index contributed by atoms with van der Waals surface area (Å²) in [5, 5.41) is 0. The van der Waals surface area contributed by atoms with Crippen LogP contribution in [0.2, 0.25) is 0 Å². The van der Waals surface area contributed by atoms with E-state index in [0.717, 1.165) is 25.3 Å². The molecule has 1 unspecified atom stereocenters. The maximum absolute atomic E-state index is 11.9. The van der Waals surface area contributed by atoms with Gasteiger partial charge in [-0.1, -0.05) is 18.2 Å². The molecule has 1 aromatic rings. The zero-order valence-corrected chi connectivity index (χ0v) is 11.7. The minimum atomic E-state index is 0.0423. The number of benzene rings is 1. The lowest BCUT2D eigenvalue weighted by Gasteiger charge is -2.16. The SMILES string of the molecule is NCC1CCN(C(=O)COCCOc2ccccc2)C1. The van der Waals surface area contributed by atoms with Crippen LogP contribution in [0.3, 0.4) is 0 Å². The zero-order valence-electron chi connectivity index (χ0n) is 11.7. The highest BCUT2D eigenvalue weighted by molar-refractivity contribution is 5.77. The molecule has 0 spiro atoms. The summed E-state index contributed by atoms with van der Waals surface area (Å²) in [4.78, 5) is 13.7. The Hall–Kier alpha value is -1.59. The summed E-state index contributed by atoms with van der Waals surface area (Å²) in [6.07, 6.45) is 0.999. The molecule has 0 aromatic heterocycles. The van der Waals surface area contributed by atoms with Crippen molar-refractivity contribution in [1.29, 1.82) is 0 Å². The smallest absolute Gasteiger partial charge is 0.248 e. The number of nitrogens with zero attached hydrogens (tertiary/aromatic N) is 1. The van der Waals surface area contributed by atoms with Crippen LogP contribution in [0.1, 0.15) is 6.42 Å². The molecule has 5 nitrogen and oxygen atoms in total. The van der Waals surface area contributed by atoms with Gasteiger partial charge in [0.15, 0.2) is 0 Å². The fourth-order valence-electron chi connectivity index (χ4n) is 2.24. The third-order valence-electron chi connectivity index (χ3n) is 3.44. The first kappa shape index (κ1) is 14.8. The summed E-state index contributed by atoms with van der Waals surface area (Å²) in [6, 6.07) is 9.55. The second-order valence-corrected chi connectivity index (χ2v) is 4.94. The Labute approximate surface area is 119 Å². The lowest BCUT2D eigenvalue weighted by molar-refractivity contribution is -0.135. The van der Waals surface area contributed by atoms with Crippen molar-refractivity contribution in [3.63, 3.8) is 0 Å². The van der Waals surface area contributed by atoms with Crippen LogP contribution in [0.4, 0.5) is 0 Å². The number of para-hydroxylation sites is 1. The van der Waals surface area contributed by atoms with Crippen LogP contribution >= 0.6 is 0 Å². The zero-order chi connectivity index (χ0) is 14.2. The van der Waals surface area contributed by atoms with Crippen LogP contribution < -0.4 is 10.5 Å². The summed E-state index contributed by atoms with van der Waals surface area (Å²) in [5.41, 5.74) is 5.61. The average molecular weight is 278 g/mol. The van der Waals surface area contributed by atoms with Gasteiger partial charge in [-0.15, -0.1) is 0 Å². The van der Waals surface area contributed by atoms with Gasteiger partial charge in [-0.2, -0.15) is 0 Å². The molecule has 0 radical (unpaired) electrons. The fourth-order valence-corrected chi connectivity index (χ4v) is 2.24. The Morgan fingerprint density at radius 1 is 1.30 bits per heavy atom. The lowest BCUT2D eigenvalue weighted by atomic mass is 10.1. The largest absolute Gasteiger partial charge is 0.491 e. The van der Waals surface area contributed by atoms with Crippen molar-refractivity contribution in [3.8, 4) is 5.75 Å². The summed E-state index contributed by atoms with van der Waals surface area (Å²) in [7, 11) is 0. The second kappa shape index (κ2) is 7.87. The minimum Gasteiger partial charge on any atom is -0.491 e. The number of carbonyl (C=O) groups is 1. The number of amides is 1. The van der Waals surface area contributed by atoms with E-state index in [1.165, 1.54) is 0 Å². The van der Waals surface area contributed by atoms with Crippen molar-refractivity contribution in [2.45, 2.75) is 6.42 Å². The first-order valence-corrected chi connectivity index (χ1v) is 7.03. The van der Waals surface area contributed by atoms with Crippen molar-refractivity contribution in [3.05, 3.63) is 30.3 Å². The number of ether oxygens (including phenoxy) is 2. The van der Waals surface area contributed by atoms with Gasteiger partial charge < -0.3 is 20.1 Å². The highest BCUT2D eigenvalue weighted by Crippen LogP contribution is 2.14. The minimum absolute atomic E-state index is 0.0423. The fraction of sp³-hybridized carbons (Fsp3) is 0.533. The van der Waals surface area contributed by atoms with Gasteiger partial charge in [-0.3, -0.25) is 4.79 Å². The molecule has 1 amide bonds. The van der Waals surface area contributed by atoms with E-state index < -0.39 is 0 Å². The molecule has 2 rings (SSSR count). The van der Waals surface area contributed by atoms with Gasteiger partial charge in [0.2, 0.25) is 5.91 Å². The lowest BCUT2D eigenvalue weighted by Crippen LogP contribution is -2.33. The Morgan fingerprint density at radius 3 is 2.80 bits per heavy atom. The Morgan fingerprint density at radius 2 is 2.10 bits per heavy atom. The molecule has 2 N–H and O–H groups in total. The van der Waals surface area contributed by atoms with Crippen LogP contribution in [0.25, 0.3) is 0 Å². The van der Waals surface area contributed by atoms with Crippen LogP contribution in [-0.2, 0) is 9.53 Å². The van der Waals surface area contributed by atoms with Crippen molar-refractivity contribution < 1.29 is 14.3 Å². The highest BCUT2D eigenvalue weighted by Gasteiger charge is 2.24. The van der Waals surface area contributed by atoms with E-state index in [1.807, 2.05) is 35.2 Å². The Kier molecular flexibility index (Phi) is 5.83. The third-order valence-corrected chi connectivity index (χ3v) is 3.44. The molecular formula is C15H22N2O3. The van der Waals surface area contributed by atoms with E-state index in [0.29, 0.717) is 25.7 Å². The number of nitrogens with two attached hydrogens (primary N) is 1. The third kappa shape index (κ3) is 4.51. The maximum Gasteiger partial charge on any atom is 0.248 e. The first-order chi connectivity index (χ1) is 9.79. The van der Waals surface area contributed by atoms with Gasteiger partial charge in [0.25, 0.3) is 0 Å². The van der Waals surface area contributed by atoms with E-state index >= 15 is 0 Å². The summed E-state index contributed by atoms with van der Waals surface area (Å²) >= 11 is 0. The standard InChI is InChI=1S/C15H22N2O3/c16-10-13-6-7-17(11-13)15(18)12-19-8-9-20-14-4-2-1-3-5-14/h1-5,13H,6-12,16H2. The van der Waals surface area contributed by atoms with E-state index in [4.69, 9.17) is 15.2 Å². The number of hydrogen-bond acceptors (Lipinski definition) is 4. The average Bonchev–Trinajstić information content (AvgIpc) is 2.97. The first-order valence-electron chi connectivity index (χ1n) is 7.03. The quantitative estimate of drug-likeness (QED) is 0.752. The van der Waals surface area contributed by atoms with Crippen molar-refractivity contribution in [2.24, 2.45) is 11.7 Å². The van der Waals surface area contributed by atoms with Gasteiger partial charge in [-0.25, -0.2) is 0 Å². The van der Waals surface area contributed by atoms with Gasteiger partial charge in [0.1, 0.15) is 19.0 Å². The molecule has 1 saturated heterocycles. The maximum atomic E-state index is 11.9. The van der Waals surface area contributed by atoms with Gasteiger partial charge in [-0.05, 0) is 31.0 Å². The number of likely N-dealkylation sites (tertiary alicyclic amines) is 1. The van der Waals surface area contributed by atoms with Crippen molar-refractivity contribution in [2.75, 3.05) is 39.5 Å².